The van der Waals surface area contributed by atoms with E-state index in [1.54, 1.807) is 0 Å². The molecule has 0 saturated carbocycles. The molecule has 3 nitrogen and oxygen atoms in total. The molecule has 0 unspecified atom stereocenters. The van der Waals surface area contributed by atoms with Crippen LogP contribution in [0.1, 0.15) is 24.4 Å². The molecule has 0 radical (unpaired) electrons. The van der Waals surface area contributed by atoms with E-state index in [-0.39, 0.29) is 0 Å². The van der Waals surface area contributed by atoms with Crippen LogP contribution in [-0.4, -0.2) is 31.3 Å². The largest absolute Gasteiger partial charge is 0.405 e. The molecule has 1 aromatic rings. The van der Waals surface area contributed by atoms with Crippen molar-refractivity contribution in [1.29, 1.82) is 0 Å². The number of hydrogen-bond acceptors (Lipinski definition) is 4. The van der Waals surface area contributed by atoms with Crippen LogP contribution in [0.5, 0.6) is 0 Å². The number of nitrogens with one attached hydrogen (secondary N) is 1. The zero-order valence-corrected chi connectivity index (χ0v) is 11.6. The minimum absolute atomic E-state index is 0.428. The Morgan fingerprint density at radius 2 is 2.00 bits per heavy atom. The fourth-order valence-electron chi connectivity index (χ4n) is 1.52. The predicted octanol–water partition coefficient (Wildman–Crippen LogP) is 2.81. The predicted molar refractivity (Wildman–Crippen MR) is 68.2 cm³/mol. The zero-order valence-electron chi connectivity index (χ0n) is 10.8. The van der Waals surface area contributed by atoms with Gasteiger partial charge in [-0.25, -0.2) is 4.98 Å². The molecule has 0 aliphatic carbocycles. The quantitative estimate of drug-likeness (QED) is 0.869. The highest BCUT2D eigenvalue weighted by Crippen LogP contribution is 2.28. The van der Waals surface area contributed by atoms with Gasteiger partial charge in [-0.1, -0.05) is 13.8 Å². The summed E-state index contributed by atoms with van der Waals surface area (Å²) in [5.74, 6) is 0. The summed E-state index contributed by atoms with van der Waals surface area (Å²) in [5.41, 5.74) is 0.880. The van der Waals surface area contributed by atoms with E-state index in [2.05, 4.69) is 10.3 Å². The molecule has 0 aliphatic heterocycles. The molecule has 7 heteroatoms. The monoisotopic (exact) mass is 281 g/mol. The van der Waals surface area contributed by atoms with Crippen molar-refractivity contribution in [3.8, 4) is 0 Å². The minimum atomic E-state index is -4.20. The highest BCUT2D eigenvalue weighted by atomic mass is 32.1. The Kier molecular flexibility index (Phi) is 5.40. The van der Waals surface area contributed by atoms with Gasteiger partial charge in [0, 0.05) is 18.5 Å². The summed E-state index contributed by atoms with van der Waals surface area (Å²) in [6.07, 6.45) is -3.47. The van der Waals surface area contributed by atoms with Crippen LogP contribution in [-0.2, 0) is 13.0 Å². The molecule has 1 heterocycles. The molecule has 0 saturated heterocycles. The lowest BCUT2D eigenvalue weighted by atomic mass is 10.3. The number of aryl methyl sites for hydroxylation is 1. The zero-order chi connectivity index (χ0) is 13.8. The summed E-state index contributed by atoms with van der Waals surface area (Å²) >= 11 is 1.33. The highest BCUT2D eigenvalue weighted by Gasteiger charge is 2.30. The third kappa shape index (κ3) is 4.45. The maximum Gasteiger partial charge on any atom is 0.405 e. The standard InChI is InChI=1S/C11H18F3N3S/c1-4-8-9(6-15-5-2)18-10(16-8)17(3)7-11(12,13)14/h15H,4-7H2,1-3H3. The number of nitrogens with zero attached hydrogens (tertiary/aromatic N) is 2. The van der Waals surface area contributed by atoms with Gasteiger partial charge >= 0.3 is 6.18 Å². The second kappa shape index (κ2) is 6.38. The van der Waals surface area contributed by atoms with Crippen molar-refractivity contribution in [2.24, 2.45) is 0 Å². The van der Waals surface area contributed by atoms with Crippen LogP contribution >= 0.6 is 11.3 Å². The second-order valence-corrected chi connectivity index (χ2v) is 5.03. The Morgan fingerprint density at radius 1 is 1.33 bits per heavy atom. The maximum absolute atomic E-state index is 12.3. The molecule has 0 amide bonds. The smallest absolute Gasteiger partial charge is 0.342 e. The molecule has 1 aromatic heterocycles. The lowest BCUT2D eigenvalue weighted by Crippen LogP contribution is -2.30. The third-order valence-corrected chi connectivity index (χ3v) is 3.59. The normalized spacial score (nSPS) is 11.9. The molecule has 1 N–H and O–H groups in total. The van der Waals surface area contributed by atoms with Crippen LogP contribution in [0.2, 0.25) is 0 Å². The average Bonchev–Trinajstić information content (AvgIpc) is 2.67. The van der Waals surface area contributed by atoms with Gasteiger partial charge in [0.15, 0.2) is 5.13 Å². The van der Waals surface area contributed by atoms with Gasteiger partial charge in [0.1, 0.15) is 6.54 Å². The van der Waals surface area contributed by atoms with Crippen LogP contribution in [0.4, 0.5) is 18.3 Å². The Hall–Kier alpha value is -0.820. The first-order valence-corrected chi connectivity index (χ1v) is 6.66. The van der Waals surface area contributed by atoms with Crippen LogP contribution in [0, 0.1) is 0 Å². The van der Waals surface area contributed by atoms with Gasteiger partial charge < -0.3 is 10.2 Å². The van der Waals surface area contributed by atoms with Crippen molar-refractivity contribution in [2.45, 2.75) is 33.0 Å². The number of rotatable bonds is 6. The van der Waals surface area contributed by atoms with Gasteiger partial charge in [0.2, 0.25) is 0 Å². The SMILES string of the molecule is CCNCc1sc(N(C)CC(F)(F)F)nc1CC. The summed E-state index contributed by atoms with van der Waals surface area (Å²) in [5, 5.41) is 3.60. The van der Waals surface area contributed by atoms with E-state index in [1.165, 1.54) is 18.4 Å². The highest BCUT2D eigenvalue weighted by molar-refractivity contribution is 7.15. The molecule has 1 rings (SSSR count). The second-order valence-electron chi connectivity index (χ2n) is 3.97. The number of halogens is 3. The Labute approximate surface area is 109 Å². The van der Waals surface area contributed by atoms with Gasteiger partial charge in [-0.3, -0.25) is 0 Å². The van der Waals surface area contributed by atoms with Crippen molar-refractivity contribution < 1.29 is 13.2 Å². The molecule has 0 fully saturated rings. The molecule has 18 heavy (non-hydrogen) atoms. The topological polar surface area (TPSA) is 28.2 Å². The molecule has 0 bridgehead atoms. The molecular formula is C11H18F3N3S. The van der Waals surface area contributed by atoms with E-state index in [4.69, 9.17) is 0 Å². The number of thiazole rings is 1. The summed E-state index contributed by atoms with van der Waals surface area (Å²) in [6.45, 7) is 4.47. The van der Waals surface area contributed by atoms with Crippen LogP contribution in [0.25, 0.3) is 0 Å². The van der Waals surface area contributed by atoms with E-state index >= 15 is 0 Å². The minimum Gasteiger partial charge on any atom is -0.342 e. The van der Waals surface area contributed by atoms with Gasteiger partial charge in [-0.2, -0.15) is 13.2 Å². The fraction of sp³-hybridized carbons (Fsp3) is 0.727. The van der Waals surface area contributed by atoms with Gasteiger partial charge in [0.05, 0.1) is 5.69 Å². The summed E-state index contributed by atoms with van der Waals surface area (Å²) in [6, 6.07) is 0. The Balaban J connectivity index is 2.80. The number of aromatic nitrogens is 1. The molecule has 0 atom stereocenters. The van der Waals surface area contributed by atoms with Crippen LogP contribution in [0.3, 0.4) is 0 Å². The first-order chi connectivity index (χ1) is 8.37. The first-order valence-electron chi connectivity index (χ1n) is 5.84. The van der Waals surface area contributed by atoms with E-state index in [0.29, 0.717) is 11.7 Å². The molecular weight excluding hydrogens is 263 g/mol. The molecule has 0 aliphatic rings. The van der Waals surface area contributed by atoms with Gasteiger partial charge in [-0.15, -0.1) is 11.3 Å². The Morgan fingerprint density at radius 3 is 2.50 bits per heavy atom. The first kappa shape index (κ1) is 15.2. The van der Waals surface area contributed by atoms with E-state index in [0.717, 1.165) is 28.4 Å². The van der Waals surface area contributed by atoms with Crippen molar-refractivity contribution in [3.05, 3.63) is 10.6 Å². The number of anilines is 1. The van der Waals surface area contributed by atoms with E-state index in [1.807, 2.05) is 13.8 Å². The molecule has 0 aromatic carbocycles. The van der Waals surface area contributed by atoms with Crippen LogP contribution in [0.15, 0.2) is 0 Å². The van der Waals surface area contributed by atoms with Gasteiger partial charge in [-0.05, 0) is 13.0 Å². The van der Waals surface area contributed by atoms with Crippen molar-refractivity contribution in [2.75, 3.05) is 25.0 Å². The van der Waals surface area contributed by atoms with Crippen molar-refractivity contribution in [3.63, 3.8) is 0 Å². The van der Waals surface area contributed by atoms with E-state index in [9.17, 15) is 13.2 Å². The third-order valence-electron chi connectivity index (χ3n) is 2.38. The average molecular weight is 281 g/mol. The van der Waals surface area contributed by atoms with Crippen molar-refractivity contribution in [1.82, 2.24) is 10.3 Å². The summed E-state index contributed by atoms with van der Waals surface area (Å²) in [7, 11) is 1.42. The van der Waals surface area contributed by atoms with E-state index < -0.39 is 12.7 Å². The summed E-state index contributed by atoms with van der Waals surface area (Å²) in [4.78, 5) is 6.44. The Bertz CT molecular complexity index is 376. The lowest BCUT2D eigenvalue weighted by molar-refractivity contribution is -0.119. The van der Waals surface area contributed by atoms with Gasteiger partial charge in [0.25, 0.3) is 0 Å². The maximum atomic E-state index is 12.3. The number of hydrogen-bond donors (Lipinski definition) is 1. The molecule has 0 spiro atoms. The fourth-order valence-corrected chi connectivity index (χ4v) is 2.60. The summed E-state index contributed by atoms with van der Waals surface area (Å²) < 4.78 is 36.9. The van der Waals surface area contributed by atoms with Crippen LogP contribution < -0.4 is 10.2 Å². The molecule has 104 valence electrons. The van der Waals surface area contributed by atoms with Crippen molar-refractivity contribution >= 4 is 16.5 Å². The number of alkyl halides is 3. The lowest BCUT2D eigenvalue weighted by Gasteiger charge is -2.17.